The van der Waals surface area contributed by atoms with Crippen molar-refractivity contribution in [2.24, 2.45) is 0 Å². The number of hydrogen-bond donors (Lipinski definition) is 0. The lowest BCUT2D eigenvalue weighted by molar-refractivity contribution is 0.0484. The average Bonchev–Trinajstić information content (AvgIpc) is 2.94. The Balaban J connectivity index is 2.15. The summed E-state index contributed by atoms with van der Waals surface area (Å²) in [6, 6.07) is 0. The van der Waals surface area contributed by atoms with Crippen LogP contribution in [0.5, 0.6) is 0 Å². The Morgan fingerprint density at radius 2 is 2.32 bits per heavy atom. The normalized spacial score (nSPS) is 9.74. The van der Waals surface area contributed by atoms with E-state index in [4.69, 9.17) is 9.47 Å². The molecule has 0 bridgehead atoms. The fraction of sp³-hybridized carbons (Fsp3) is 0.417. The molecule has 1 aromatic heterocycles. The van der Waals surface area contributed by atoms with E-state index in [1.807, 2.05) is 0 Å². The standard InChI is InChI=1S/C12H16N2O4S/c1-3-6-18-12(16)14(2)5-4-7-17-11(15)10-8-19-9-13-10/h3,8-9H,1,4-7H2,2H3. The summed E-state index contributed by atoms with van der Waals surface area (Å²) < 4.78 is 9.85. The number of carbonyl (C=O) groups excluding carboxylic acids is 2. The van der Waals surface area contributed by atoms with Gasteiger partial charge in [-0.2, -0.15) is 0 Å². The summed E-state index contributed by atoms with van der Waals surface area (Å²) in [6.07, 6.45) is 1.61. The fourth-order valence-corrected chi connectivity index (χ4v) is 1.71. The van der Waals surface area contributed by atoms with Crippen LogP contribution < -0.4 is 0 Å². The third-order valence-corrected chi connectivity index (χ3v) is 2.74. The number of carbonyl (C=O) groups is 2. The molecule has 1 amide bonds. The molecule has 0 aromatic carbocycles. The first-order valence-corrected chi connectivity index (χ1v) is 6.63. The number of nitrogens with zero attached hydrogens (tertiary/aromatic N) is 2. The Morgan fingerprint density at radius 1 is 1.53 bits per heavy atom. The molecular formula is C12H16N2O4S. The molecule has 0 fully saturated rings. The monoisotopic (exact) mass is 284 g/mol. The van der Waals surface area contributed by atoms with Gasteiger partial charge in [-0.15, -0.1) is 11.3 Å². The molecule has 0 radical (unpaired) electrons. The van der Waals surface area contributed by atoms with Gasteiger partial charge in [-0.1, -0.05) is 12.7 Å². The highest BCUT2D eigenvalue weighted by Crippen LogP contribution is 2.03. The van der Waals surface area contributed by atoms with Crippen LogP contribution in [0.2, 0.25) is 0 Å². The van der Waals surface area contributed by atoms with E-state index in [0.717, 1.165) is 0 Å². The lowest BCUT2D eigenvalue weighted by atomic mass is 10.4. The number of hydrogen-bond acceptors (Lipinski definition) is 6. The molecule has 1 aromatic rings. The molecule has 1 heterocycles. The lowest BCUT2D eigenvalue weighted by Gasteiger charge is -2.15. The van der Waals surface area contributed by atoms with Crippen LogP contribution in [0.25, 0.3) is 0 Å². The van der Waals surface area contributed by atoms with Crippen molar-refractivity contribution >= 4 is 23.4 Å². The summed E-state index contributed by atoms with van der Waals surface area (Å²) in [5, 5.41) is 1.63. The van der Waals surface area contributed by atoms with Crippen molar-refractivity contribution < 1.29 is 19.1 Å². The van der Waals surface area contributed by atoms with E-state index in [9.17, 15) is 9.59 Å². The summed E-state index contributed by atoms with van der Waals surface area (Å²) >= 11 is 1.33. The zero-order valence-corrected chi connectivity index (χ0v) is 11.5. The second-order valence-electron chi connectivity index (χ2n) is 3.65. The molecule has 0 unspecified atom stereocenters. The van der Waals surface area contributed by atoms with Crippen molar-refractivity contribution in [3.63, 3.8) is 0 Å². The predicted octanol–water partition coefficient (Wildman–Crippen LogP) is 1.94. The molecule has 6 nitrogen and oxygen atoms in total. The molecule has 7 heteroatoms. The quantitative estimate of drug-likeness (QED) is 0.435. The van der Waals surface area contributed by atoms with Crippen LogP contribution in [-0.2, 0) is 9.47 Å². The molecule has 0 aliphatic heterocycles. The Bertz CT molecular complexity index is 419. The van der Waals surface area contributed by atoms with Crippen LogP contribution in [0.4, 0.5) is 4.79 Å². The van der Waals surface area contributed by atoms with E-state index < -0.39 is 12.1 Å². The van der Waals surface area contributed by atoms with Crippen molar-refractivity contribution in [1.29, 1.82) is 0 Å². The van der Waals surface area contributed by atoms with Gasteiger partial charge in [0, 0.05) is 19.0 Å². The zero-order valence-electron chi connectivity index (χ0n) is 10.7. The van der Waals surface area contributed by atoms with Gasteiger partial charge >= 0.3 is 12.1 Å². The Morgan fingerprint density at radius 3 is 2.95 bits per heavy atom. The molecule has 0 saturated heterocycles. The molecule has 0 atom stereocenters. The van der Waals surface area contributed by atoms with Crippen LogP contribution in [0.3, 0.4) is 0 Å². The van der Waals surface area contributed by atoms with Crippen LogP contribution >= 0.6 is 11.3 Å². The van der Waals surface area contributed by atoms with E-state index >= 15 is 0 Å². The number of esters is 1. The van der Waals surface area contributed by atoms with Gasteiger partial charge < -0.3 is 14.4 Å². The van der Waals surface area contributed by atoms with E-state index in [1.165, 1.54) is 22.3 Å². The van der Waals surface area contributed by atoms with Crippen LogP contribution in [0.15, 0.2) is 23.5 Å². The smallest absolute Gasteiger partial charge is 0.409 e. The maximum atomic E-state index is 11.4. The Labute approximate surface area is 115 Å². The van der Waals surface area contributed by atoms with Gasteiger partial charge in [0.05, 0.1) is 12.1 Å². The molecule has 0 saturated carbocycles. The first kappa shape index (κ1) is 15.2. The second-order valence-corrected chi connectivity index (χ2v) is 4.37. The zero-order chi connectivity index (χ0) is 14.1. The molecule has 1 rings (SSSR count). The summed E-state index contributed by atoms with van der Waals surface area (Å²) in [7, 11) is 1.62. The van der Waals surface area contributed by atoms with Crippen LogP contribution in [-0.4, -0.2) is 48.8 Å². The fourth-order valence-electron chi connectivity index (χ4n) is 1.19. The molecule has 0 aliphatic carbocycles. The summed E-state index contributed by atoms with van der Waals surface area (Å²) in [5.41, 5.74) is 1.88. The van der Waals surface area contributed by atoms with E-state index in [0.29, 0.717) is 18.7 Å². The van der Waals surface area contributed by atoms with Crippen molar-refractivity contribution in [3.05, 3.63) is 29.2 Å². The van der Waals surface area contributed by atoms with Crippen molar-refractivity contribution in [3.8, 4) is 0 Å². The minimum absolute atomic E-state index is 0.183. The maximum Gasteiger partial charge on any atom is 0.409 e. The first-order valence-electron chi connectivity index (χ1n) is 5.69. The van der Waals surface area contributed by atoms with Gasteiger partial charge in [0.1, 0.15) is 6.61 Å². The van der Waals surface area contributed by atoms with Crippen LogP contribution in [0, 0.1) is 0 Å². The highest BCUT2D eigenvalue weighted by Gasteiger charge is 2.11. The van der Waals surface area contributed by atoms with Crippen molar-refractivity contribution in [2.45, 2.75) is 6.42 Å². The summed E-state index contributed by atoms with van der Waals surface area (Å²) in [6.45, 7) is 4.31. The number of ether oxygens (including phenoxy) is 2. The third kappa shape index (κ3) is 5.52. The highest BCUT2D eigenvalue weighted by atomic mass is 32.1. The minimum atomic E-state index is -0.446. The molecule has 0 spiro atoms. The van der Waals surface area contributed by atoms with Gasteiger partial charge in [-0.05, 0) is 6.42 Å². The van der Waals surface area contributed by atoms with E-state index in [2.05, 4.69) is 11.6 Å². The molecular weight excluding hydrogens is 268 g/mol. The van der Waals surface area contributed by atoms with Gasteiger partial charge in [-0.25, -0.2) is 14.6 Å². The van der Waals surface area contributed by atoms with Gasteiger partial charge in [0.2, 0.25) is 0 Å². The summed E-state index contributed by atoms with van der Waals surface area (Å²) in [4.78, 5) is 28.0. The van der Waals surface area contributed by atoms with Gasteiger partial charge in [0.15, 0.2) is 5.69 Å². The lowest BCUT2D eigenvalue weighted by Crippen LogP contribution is -2.29. The van der Waals surface area contributed by atoms with E-state index in [1.54, 1.807) is 17.9 Å². The molecule has 104 valence electrons. The first-order chi connectivity index (χ1) is 9.15. The average molecular weight is 284 g/mol. The second kappa shape index (κ2) is 8.25. The predicted molar refractivity (Wildman–Crippen MR) is 71.2 cm³/mol. The third-order valence-electron chi connectivity index (χ3n) is 2.15. The summed E-state index contributed by atoms with van der Waals surface area (Å²) in [5.74, 6) is -0.446. The number of amides is 1. The highest BCUT2D eigenvalue weighted by molar-refractivity contribution is 7.07. The SMILES string of the molecule is C=CCOC(=O)N(C)CCCOC(=O)c1cscn1. The topological polar surface area (TPSA) is 68.7 Å². The molecule has 19 heavy (non-hydrogen) atoms. The van der Waals surface area contributed by atoms with Gasteiger partial charge in [-0.3, -0.25) is 0 Å². The molecule has 0 aliphatic rings. The maximum absolute atomic E-state index is 11.4. The molecule has 0 N–H and O–H groups in total. The Kier molecular flexibility index (Phi) is 6.59. The Hall–Kier alpha value is -1.89. The largest absolute Gasteiger partial charge is 0.461 e. The number of rotatable bonds is 7. The van der Waals surface area contributed by atoms with Crippen molar-refractivity contribution in [1.82, 2.24) is 9.88 Å². The van der Waals surface area contributed by atoms with Gasteiger partial charge in [0.25, 0.3) is 0 Å². The minimum Gasteiger partial charge on any atom is -0.461 e. The number of thiazole rings is 1. The number of aromatic nitrogens is 1. The van der Waals surface area contributed by atoms with Crippen LogP contribution in [0.1, 0.15) is 16.9 Å². The van der Waals surface area contributed by atoms with E-state index in [-0.39, 0.29) is 13.2 Å². The van der Waals surface area contributed by atoms with Crippen molar-refractivity contribution in [2.75, 3.05) is 26.8 Å².